The van der Waals surface area contributed by atoms with Crippen molar-refractivity contribution in [2.24, 2.45) is 0 Å². The Morgan fingerprint density at radius 2 is 1.87 bits per heavy atom. The van der Waals surface area contributed by atoms with Crippen LogP contribution < -0.4 is 10.2 Å². The number of likely N-dealkylation sites (N-methyl/N-ethyl adjacent to an activating group) is 1. The Morgan fingerprint density at radius 1 is 1.05 bits per heavy atom. The van der Waals surface area contributed by atoms with Crippen LogP contribution in [0.2, 0.25) is 0 Å². The van der Waals surface area contributed by atoms with Gasteiger partial charge in [-0.15, -0.1) is 0 Å². The zero-order valence-electron chi connectivity index (χ0n) is 21.7. The lowest BCUT2D eigenvalue weighted by Gasteiger charge is -2.41. The lowest BCUT2D eigenvalue weighted by atomic mass is 9.92. The minimum atomic E-state index is -2.83. The quantitative estimate of drug-likeness (QED) is 0.446. The van der Waals surface area contributed by atoms with Gasteiger partial charge in [-0.2, -0.15) is 9.61 Å². The summed E-state index contributed by atoms with van der Waals surface area (Å²) >= 11 is 0. The molecule has 3 aromatic rings. The summed E-state index contributed by atoms with van der Waals surface area (Å²) in [6.07, 6.45) is 2.83. The summed E-state index contributed by atoms with van der Waals surface area (Å²) in [5.41, 5.74) is 5.16. The number of nitrogens with one attached hydrogen (secondary N) is 1. The molecule has 2 aliphatic heterocycles. The lowest BCUT2D eigenvalue weighted by Crippen LogP contribution is -2.41. The molecule has 200 valence electrons. The molecule has 0 amide bonds. The Morgan fingerprint density at radius 3 is 2.66 bits per heavy atom. The molecule has 1 aromatic carbocycles. The van der Waals surface area contributed by atoms with E-state index in [9.17, 15) is 13.2 Å². The fourth-order valence-electron chi connectivity index (χ4n) is 5.62. The summed E-state index contributed by atoms with van der Waals surface area (Å²) in [5.74, 6) is -1.91. The van der Waals surface area contributed by atoms with Gasteiger partial charge in [0.05, 0.1) is 11.7 Å². The molecule has 1 unspecified atom stereocenters. The van der Waals surface area contributed by atoms with Crippen molar-refractivity contribution < 1.29 is 13.2 Å². The number of rotatable bonds is 1. The molecule has 6 nitrogen and oxygen atoms in total. The average Bonchev–Trinajstić information content (AvgIpc) is 3.64. The maximum absolute atomic E-state index is 14.8. The second-order valence-electron chi connectivity index (χ2n) is 10.9. The maximum atomic E-state index is 14.8. The predicted molar refractivity (Wildman–Crippen MR) is 143 cm³/mol. The summed E-state index contributed by atoms with van der Waals surface area (Å²) in [7, 11) is 2.01. The molecule has 4 heterocycles. The first kappa shape index (κ1) is 24.8. The van der Waals surface area contributed by atoms with Gasteiger partial charge >= 0.3 is 0 Å². The van der Waals surface area contributed by atoms with Gasteiger partial charge in [0.15, 0.2) is 5.65 Å². The highest BCUT2D eigenvalue weighted by molar-refractivity contribution is 5.66. The van der Waals surface area contributed by atoms with E-state index in [2.05, 4.69) is 29.4 Å². The molecule has 2 bridgehead atoms. The van der Waals surface area contributed by atoms with Crippen molar-refractivity contribution in [2.75, 3.05) is 31.6 Å². The van der Waals surface area contributed by atoms with Gasteiger partial charge in [0.2, 0.25) is 0 Å². The lowest BCUT2D eigenvalue weighted by molar-refractivity contribution is -0.0665. The monoisotopic (exact) mass is 522 g/mol. The van der Waals surface area contributed by atoms with E-state index >= 15 is 0 Å². The smallest absolute Gasteiger partial charge is 0.252 e. The van der Waals surface area contributed by atoms with E-state index in [4.69, 9.17) is 10.1 Å². The molecule has 0 radical (unpaired) electrons. The number of hydrogen-bond acceptors (Lipinski definition) is 5. The molecule has 1 N–H and O–H groups in total. The number of piperidine rings is 1. The fraction of sp³-hybridized carbons (Fsp3) is 0.448. The maximum Gasteiger partial charge on any atom is 0.252 e. The largest absolute Gasteiger partial charge is 0.387 e. The van der Waals surface area contributed by atoms with Crippen molar-refractivity contribution in [3.63, 3.8) is 0 Å². The molecule has 1 saturated carbocycles. The third-order valence-corrected chi connectivity index (χ3v) is 8.01. The summed E-state index contributed by atoms with van der Waals surface area (Å²) in [5, 5.41) is 8.26. The van der Waals surface area contributed by atoms with Crippen molar-refractivity contribution in [1.82, 2.24) is 24.8 Å². The Hall–Kier alpha value is -3.49. The Bertz CT molecular complexity index is 1410. The second kappa shape index (κ2) is 9.36. The van der Waals surface area contributed by atoms with E-state index in [1.165, 1.54) is 12.1 Å². The molecule has 6 rings (SSSR count). The van der Waals surface area contributed by atoms with Crippen molar-refractivity contribution in [2.45, 2.75) is 56.4 Å². The van der Waals surface area contributed by atoms with Gasteiger partial charge in [-0.25, -0.2) is 18.2 Å². The summed E-state index contributed by atoms with van der Waals surface area (Å²) in [4.78, 5) is 8.87. The molecule has 38 heavy (non-hydrogen) atoms. The normalized spacial score (nSPS) is 22.4. The summed E-state index contributed by atoms with van der Waals surface area (Å²) < 4.78 is 45.9. The first-order valence-electron chi connectivity index (χ1n) is 13.3. The first-order valence-corrected chi connectivity index (χ1v) is 13.3. The van der Waals surface area contributed by atoms with Gasteiger partial charge < -0.3 is 15.1 Å². The van der Waals surface area contributed by atoms with E-state index in [0.717, 1.165) is 35.6 Å². The highest BCUT2D eigenvalue weighted by Crippen LogP contribution is 2.44. The minimum absolute atomic E-state index is 0.0993. The second-order valence-corrected chi connectivity index (χ2v) is 10.9. The van der Waals surface area contributed by atoms with Gasteiger partial charge in [0.25, 0.3) is 5.92 Å². The highest BCUT2D eigenvalue weighted by atomic mass is 19.3. The molecule has 0 spiro atoms. The van der Waals surface area contributed by atoms with Crippen LogP contribution in [0.15, 0.2) is 49.2 Å². The number of benzene rings is 1. The average molecular weight is 523 g/mol. The highest BCUT2D eigenvalue weighted by Gasteiger charge is 2.43. The molecule has 1 aliphatic carbocycles. The number of aromatic nitrogens is 3. The van der Waals surface area contributed by atoms with Gasteiger partial charge in [0, 0.05) is 80.2 Å². The molecule has 9 heteroatoms. The van der Waals surface area contributed by atoms with Crippen LogP contribution >= 0.6 is 0 Å². The number of anilines is 1. The first-order chi connectivity index (χ1) is 18.2. The van der Waals surface area contributed by atoms with E-state index in [0.29, 0.717) is 54.5 Å². The number of aryl methyl sites for hydroxylation is 1. The van der Waals surface area contributed by atoms with E-state index in [1.807, 2.05) is 18.0 Å². The van der Waals surface area contributed by atoms with Crippen molar-refractivity contribution in [1.29, 1.82) is 0 Å². The van der Waals surface area contributed by atoms with Crippen LogP contribution in [0.1, 0.15) is 66.6 Å². The number of alkyl halides is 2. The third kappa shape index (κ3) is 4.74. The van der Waals surface area contributed by atoms with E-state index < -0.39 is 12.0 Å². The van der Waals surface area contributed by atoms with Crippen LogP contribution in [0.4, 0.5) is 19.0 Å². The van der Waals surface area contributed by atoms with Gasteiger partial charge in [0.1, 0.15) is 11.6 Å². The summed E-state index contributed by atoms with van der Waals surface area (Å²) in [6.45, 7) is 9.95. The van der Waals surface area contributed by atoms with Crippen molar-refractivity contribution in [3.8, 4) is 0 Å². The zero-order valence-corrected chi connectivity index (χ0v) is 21.7. The minimum Gasteiger partial charge on any atom is -0.387 e. The third-order valence-electron chi connectivity index (χ3n) is 8.01. The van der Waals surface area contributed by atoms with Crippen LogP contribution in [0.25, 0.3) is 11.3 Å². The molecular weight excluding hydrogens is 489 g/mol. The molecule has 3 aliphatic rings. The zero-order chi connectivity index (χ0) is 26.6. The SMILES string of the molecule is C=C1CCc2ccc(F)cc2C(=C)N2CCC(F)(F)CC2c2cc3nc(C4CC4)cc(n3n2)N(C)CCN1. The van der Waals surface area contributed by atoms with Crippen molar-refractivity contribution >= 4 is 17.2 Å². The number of nitrogens with zero attached hydrogens (tertiary/aromatic N) is 5. The molecule has 2 aromatic heterocycles. The van der Waals surface area contributed by atoms with Crippen LogP contribution in [0, 0.1) is 5.82 Å². The topological polar surface area (TPSA) is 48.7 Å². The Balaban J connectivity index is 1.50. The fourth-order valence-corrected chi connectivity index (χ4v) is 5.62. The Labute approximate surface area is 220 Å². The predicted octanol–water partition coefficient (Wildman–Crippen LogP) is 5.67. The number of hydrogen-bond donors (Lipinski definition) is 1. The van der Waals surface area contributed by atoms with Gasteiger partial charge in [-0.1, -0.05) is 19.2 Å². The number of fused-ring (bicyclic) bond motifs is 4. The van der Waals surface area contributed by atoms with Crippen LogP contribution in [-0.4, -0.2) is 52.1 Å². The molecule has 2 fully saturated rings. The van der Waals surface area contributed by atoms with E-state index in [1.54, 1.807) is 10.6 Å². The standard InChI is InChI=1S/C29H33F3N6/c1-18-4-5-20-8-9-22(30)14-23(20)19(2)37-12-10-29(31,32)17-26(37)25-15-27-34-24(21-6-7-21)16-28(38(27)35-25)36(3)13-11-33-18/h8-9,14-16,21,26,33H,1-2,4-7,10-13,17H2,3H3. The van der Waals surface area contributed by atoms with Gasteiger partial charge in [-0.05, 0) is 43.4 Å². The van der Waals surface area contributed by atoms with Crippen LogP contribution in [0.5, 0.6) is 0 Å². The van der Waals surface area contributed by atoms with Crippen molar-refractivity contribution in [3.05, 3.63) is 77.5 Å². The van der Waals surface area contributed by atoms with E-state index in [-0.39, 0.29) is 25.2 Å². The number of halogens is 3. The van der Waals surface area contributed by atoms with Gasteiger partial charge in [-0.3, -0.25) is 0 Å². The molecular formula is C29H33F3N6. The molecule has 1 atom stereocenters. The number of allylic oxidation sites excluding steroid dienone is 1. The molecule has 1 saturated heterocycles. The Kier molecular flexibility index (Phi) is 6.12. The van der Waals surface area contributed by atoms with Crippen LogP contribution in [-0.2, 0) is 6.42 Å². The summed E-state index contributed by atoms with van der Waals surface area (Å²) in [6, 6.07) is 7.85. The van der Waals surface area contributed by atoms with Crippen LogP contribution in [0.3, 0.4) is 0 Å².